The van der Waals surface area contributed by atoms with Gasteiger partial charge in [-0.15, -0.1) is 0 Å². The van der Waals surface area contributed by atoms with Gasteiger partial charge in [-0.25, -0.2) is 4.98 Å². The van der Waals surface area contributed by atoms with Crippen molar-refractivity contribution < 1.29 is 14.4 Å². The molecule has 106 valence electrons. The molecule has 1 aromatic rings. The summed E-state index contributed by atoms with van der Waals surface area (Å²) in [5, 5.41) is 13.8. The van der Waals surface area contributed by atoms with E-state index in [0.29, 0.717) is 13.2 Å². The van der Waals surface area contributed by atoms with Crippen LogP contribution in [0.15, 0.2) is 6.33 Å². The van der Waals surface area contributed by atoms with Crippen molar-refractivity contribution in [2.24, 2.45) is 0 Å². The third-order valence-electron chi connectivity index (χ3n) is 2.27. The van der Waals surface area contributed by atoms with Crippen LogP contribution in [0.2, 0.25) is 0 Å². The van der Waals surface area contributed by atoms with E-state index in [1.54, 1.807) is 0 Å². The van der Waals surface area contributed by atoms with Crippen molar-refractivity contribution in [2.45, 2.75) is 19.8 Å². The Bertz CT molecular complexity index is 414. The van der Waals surface area contributed by atoms with Gasteiger partial charge in [0.05, 0.1) is 12.0 Å². The van der Waals surface area contributed by atoms with E-state index in [4.69, 9.17) is 9.47 Å². The molecule has 0 spiro atoms. The summed E-state index contributed by atoms with van der Waals surface area (Å²) in [6, 6.07) is 0. The first-order valence-corrected chi connectivity index (χ1v) is 6.05. The normalized spacial score (nSPS) is 10.2. The molecule has 1 aromatic heterocycles. The molecule has 0 aliphatic heterocycles. The van der Waals surface area contributed by atoms with Gasteiger partial charge in [-0.2, -0.15) is 4.98 Å². The summed E-state index contributed by atoms with van der Waals surface area (Å²) in [4.78, 5) is 18.0. The number of hydrogen-bond donors (Lipinski definition) is 1. The molecular weight excluding hydrogens is 252 g/mol. The van der Waals surface area contributed by atoms with Gasteiger partial charge < -0.3 is 14.8 Å². The van der Waals surface area contributed by atoms with E-state index in [2.05, 4.69) is 15.3 Å². The summed E-state index contributed by atoms with van der Waals surface area (Å²) in [6.07, 6.45) is 2.94. The Morgan fingerprint density at radius 3 is 2.84 bits per heavy atom. The van der Waals surface area contributed by atoms with Gasteiger partial charge in [0.1, 0.15) is 6.33 Å². The van der Waals surface area contributed by atoms with Crippen LogP contribution in [0.1, 0.15) is 19.8 Å². The maximum atomic E-state index is 11.0. The third kappa shape index (κ3) is 4.66. The lowest BCUT2D eigenvalue weighted by molar-refractivity contribution is -0.385. The highest BCUT2D eigenvalue weighted by Gasteiger charge is 2.23. The number of methoxy groups -OCH3 is 1. The quantitative estimate of drug-likeness (QED) is 0.413. The van der Waals surface area contributed by atoms with Crippen molar-refractivity contribution in [1.29, 1.82) is 0 Å². The zero-order chi connectivity index (χ0) is 14.1. The van der Waals surface area contributed by atoms with Crippen molar-refractivity contribution in [3.63, 3.8) is 0 Å². The molecule has 0 fully saturated rings. The summed E-state index contributed by atoms with van der Waals surface area (Å²) in [5.41, 5.74) is -0.250. The predicted octanol–water partition coefficient (Wildman–Crippen LogP) is 1.62. The van der Waals surface area contributed by atoms with E-state index in [-0.39, 0.29) is 17.4 Å². The van der Waals surface area contributed by atoms with Crippen molar-refractivity contribution >= 4 is 11.5 Å². The average molecular weight is 270 g/mol. The summed E-state index contributed by atoms with van der Waals surface area (Å²) < 4.78 is 10.2. The van der Waals surface area contributed by atoms with Crippen molar-refractivity contribution in [2.75, 3.05) is 32.2 Å². The highest BCUT2D eigenvalue weighted by atomic mass is 16.6. The van der Waals surface area contributed by atoms with Crippen molar-refractivity contribution in [1.82, 2.24) is 9.97 Å². The fourth-order valence-corrected chi connectivity index (χ4v) is 1.43. The SMILES string of the molecule is CCCOCCCNc1ncnc(OC)c1[N+](=O)[O-]. The number of nitrogens with one attached hydrogen (secondary N) is 1. The molecule has 8 nitrogen and oxygen atoms in total. The van der Waals surface area contributed by atoms with E-state index in [1.807, 2.05) is 6.92 Å². The summed E-state index contributed by atoms with van der Waals surface area (Å²) in [5.74, 6) is 0.108. The molecule has 1 rings (SSSR count). The second-order valence-electron chi connectivity index (χ2n) is 3.73. The molecule has 0 aliphatic carbocycles. The third-order valence-corrected chi connectivity index (χ3v) is 2.27. The summed E-state index contributed by atoms with van der Waals surface area (Å²) in [7, 11) is 1.33. The molecular formula is C11H18N4O4. The zero-order valence-electron chi connectivity index (χ0n) is 11.1. The smallest absolute Gasteiger partial charge is 0.372 e. The van der Waals surface area contributed by atoms with Crippen LogP contribution in [0.4, 0.5) is 11.5 Å². The monoisotopic (exact) mass is 270 g/mol. The molecule has 19 heavy (non-hydrogen) atoms. The molecule has 0 saturated heterocycles. The molecule has 8 heteroatoms. The zero-order valence-corrected chi connectivity index (χ0v) is 11.1. The van der Waals surface area contributed by atoms with Gasteiger partial charge in [0.2, 0.25) is 5.82 Å². The first-order valence-electron chi connectivity index (χ1n) is 6.05. The van der Waals surface area contributed by atoms with Crippen molar-refractivity contribution in [3.05, 3.63) is 16.4 Å². The Morgan fingerprint density at radius 1 is 1.42 bits per heavy atom. The molecule has 0 unspecified atom stereocenters. The minimum absolute atomic E-state index is 0.0512. The first-order chi connectivity index (χ1) is 9.20. The molecule has 0 amide bonds. The van der Waals surface area contributed by atoms with Crippen LogP contribution in [-0.2, 0) is 4.74 Å². The number of rotatable bonds is 9. The summed E-state index contributed by atoms with van der Waals surface area (Å²) in [6.45, 7) is 3.90. The average Bonchev–Trinajstić information content (AvgIpc) is 2.42. The Kier molecular flexibility index (Phi) is 6.51. The van der Waals surface area contributed by atoms with Crippen LogP contribution < -0.4 is 10.1 Å². The Balaban J connectivity index is 2.55. The molecule has 1 N–H and O–H groups in total. The van der Waals surface area contributed by atoms with Crippen LogP contribution in [0.25, 0.3) is 0 Å². The Morgan fingerprint density at radius 2 is 2.21 bits per heavy atom. The predicted molar refractivity (Wildman–Crippen MR) is 69.5 cm³/mol. The van der Waals surface area contributed by atoms with Gasteiger partial charge >= 0.3 is 5.69 Å². The second-order valence-corrected chi connectivity index (χ2v) is 3.73. The molecule has 0 atom stereocenters. The molecule has 1 heterocycles. The Labute approximate surface area is 111 Å². The maximum Gasteiger partial charge on any atom is 0.372 e. The van der Waals surface area contributed by atoms with Crippen molar-refractivity contribution in [3.8, 4) is 5.88 Å². The minimum Gasteiger partial charge on any atom is -0.476 e. The fourth-order valence-electron chi connectivity index (χ4n) is 1.43. The molecule has 0 aromatic carbocycles. The largest absolute Gasteiger partial charge is 0.476 e. The van der Waals surface area contributed by atoms with E-state index in [1.165, 1.54) is 13.4 Å². The van der Waals surface area contributed by atoms with E-state index < -0.39 is 4.92 Å². The van der Waals surface area contributed by atoms with E-state index in [0.717, 1.165) is 19.4 Å². The van der Waals surface area contributed by atoms with Gasteiger partial charge in [0, 0.05) is 19.8 Å². The van der Waals surface area contributed by atoms with Crippen LogP contribution in [0, 0.1) is 10.1 Å². The first kappa shape index (κ1) is 15.1. The van der Waals surface area contributed by atoms with Gasteiger partial charge in [-0.3, -0.25) is 10.1 Å². The number of ether oxygens (including phenoxy) is 2. The standard InChI is InChI=1S/C11H18N4O4/c1-3-6-19-7-4-5-12-10-9(15(16)17)11(18-2)14-8-13-10/h8H,3-7H2,1-2H3,(H,12,13,14). The summed E-state index contributed by atoms with van der Waals surface area (Å²) >= 11 is 0. The van der Waals surface area contributed by atoms with Crippen LogP contribution in [0.3, 0.4) is 0 Å². The van der Waals surface area contributed by atoms with Crippen LogP contribution in [-0.4, -0.2) is 41.8 Å². The van der Waals surface area contributed by atoms with Crippen LogP contribution >= 0.6 is 0 Å². The second kappa shape index (κ2) is 8.20. The molecule has 0 radical (unpaired) electrons. The van der Waals surface area contributed by atoms with Gasteiger partial charge in [0.15, 0.2) is 0 Å². The molecule has 0 aliphatic rings. The number of nitro groups is 1. The van der Waals surface area contributed by atoms with Gasteiger partial charge in [-0.05, 0) is 12.8 Å². The lowest BCUT2D eigenvalue weighted by Crippen LogP contribution is -2.10. The lowest BCUT2D eigenvalue weighted by Gasteiger charge is -2.07. The van der Waals surface area contributed by atoms with E-state index in [9.17, 15) is 10.1 Å². The Hall–Kier alpha value is -1.96. The maximum absolute atomic E-state index is 11.0. The minimum atomic E-state index is -0.561. The lowest BCUT2D eigenvalue weighted by atomic mass is 10.4. The number of nitrogens with zero attached hydrogens (tertiary/aromatic N) is 3. The molecule has 0 saturated carbocycles. The topological polar surface area (TPSA) is 99.4 Å². The number of aromatic nitrogens is 2. The highest BCUT2D eigenvalue weighted by molar-refractivity contribution is 5.60. The van der Waals surface area contributed by atoms with Gasteiger partial charge in [0.25, 0.3) is 5.88 Å². The van der Waals surface area contributed by atoms with Crippen LogP contribution in [0.5, 0.6) is 5.88 Å². The fraction of sp³-hybridized carbons (Fsp3) is 0.636. The van der Waals surface area contributed by atoms with E-state index >= 15 is 0 Å². The number of anilines is 1. The van der Waals surface area contributed by atoms with Gasteiger partial charge in [-0.1, -0.05) is 6.92 Å². The molecule has 0 bridgehead atoms. The highest BCUT2D eigenvalue weighted by Crippen LogP contribution is 2.30. The number of hydrogen-bond acceptors (Lipinski definition) is 7.